The van der Waals surface area contributed by atoms with E-state index in [0.717, 1.165) is 0 Å². The van der Waals surface area contributed by atoms with E-state index in [-0.39, 0.29) is 0 Å². The summed E-state index contributed by atoms with van der Waals surface area (Å²) in [5.41, 5.74) is 2.44. The van der Waals surface area contributed by atoms with Gasteiger partial charge in [-0.25, -0.2) is 23.2 Å². The molecule has 1 aliphatic rings. The summed E-state index contributed by atoms with van der Waals surface area (Å²) in [6, 6.07) is 0. The molecule has 1 aromatic rings. The Morgan fingerprint density at radius 2 is 1.76 bits per heavy atom. The van der Waals surface area contributed by atoms with E-state index in [1.807, 2.05) is 0 Å². The van der Waals surface area contributed by atoms with Crippen molar-refractivity contribution >= 4 is 26.7 Å². The molecule has 1 fully saturated rings. The third-order valence-electron chi connectivity index (χ3n) is 4.39. The van der Waals surface area contributed by atoms with Crippen molar-refractivity contribution in [1.82, 2.24) is 9.55 Å². The lowest BCUT2D eigenvalue weighted by atomic mass is 10.0. The quantitative estimate of drug-likeness (QED) is 0.169. The minimum Gasteiger partial charge on any atom is -0.432 e. The van der Waals surface area contributed by atoms with Crippen LogP contribution in [0.4, 0.5) is 24.2 Å². The van der Waals surface area contributed by atoms with Crippen LogP contribution in [0, 0.1) is 18.2 Å². The molecule has 212 valence electrons. The molecule has 1 aliphatic heterocycles. The number of hydrogen-bond acceptors (Lipinski definition) is 13. The van der Waals surface area contributed by atoms with Crippen molar-refractivity contribution in [3.8, 4) is 12.3 Å². The first-order valence-electron chi connectivity index (χ1n) is 11.0. The first-order chi connectivity index (χ1) is 17.9. The van der Waals surface area contributed by atoms with Gasteiger partial charge in [-0.2, -0.15) is 4.98 Å². The summed E-state index contributed by atoms with van der Waals surface area (Å²) in [6.45, 7) is 4.45. The molecule has 1 saturated heterocycles. The summed E-state index contributed by atoms with van der Waals surface area (Å²) in [6.07, 6.45) is -0.750. The number of carbonyl (C=O) groups excluding carboxylic acids is 2. The summed E-state index contributed by atoms with van der Waals surface area (Å²) in [4.78, 5) is 38.5. The number of aromatic nitrogens is 2. The Labute approximate surface area is 217 Å². The Bertz CT molecular complexity index is 1040. The van der Waals surface area contributed by atoms with Crippen molar-refractivity contribution in [3.63, 3.8) is 0 Å². The Morgan fingerprint density at radius 3 is 2.26 bits per heavy atom. The van der Waals surface area contributed by atoms with Gasteiger partial charge in [0.25, 0.3) is 0 Å². The predicted octanol–water partition coefficient (Wildman–Crippen LogP) is 2.91. The summed E-state index contributed by atoms with van der Waals surface area (Å²) in [5, 5.41) is 0. The van der Waals surface area contributed by atoms with Gasteiger partial charge in [-0.3, -0.25) is 13.6 Å². The molecule has 17 heteroatoms. The second kappa shape index (κ2) is 14.2. The van der Waals surface area contributed by atoms with E-state index in [9.17, 15) is 23.2 Å². The van der Waals surface area contributed by atoms with Crippen molar-refractivity contribution in [2.24, 2.45) is 0 Å². The highest BCUT2D eigenvalue weighted by Gasteiger charge is 2.48. The summed E-state index contributed by atoms with van der Waals surface area (Å²) in [5.74, 6) is 0.523. The minimum atomic E-state index is -2.44. The number of terminal acetylenes is 1. The molecular weight excluding hydrogens is 539 g/mol. The lowest BCUT2D eigenvalue weighted by Crippen LogP contribution is -2.35. The topological polar surface area (TPSA) is 169 Å². The number of rotatable bonds is 12. The second-order valence-electron chi connectivity index (χ2n) is 8.14. The molecule has 2 N–H and O–H groups in total. The molecule has 0 aromatic carbocycles. The molecule has 0 aliphatic carbocycles. The van der Waals surface area contributed by atoms with Gasteiger partial charge in [0.15, 0.2) is 23.5 Å². The number of nitrogens with zero attached hydrogens (tertiary/aromatic N) is 2. The van der Waals surface area contributed by atoms with Gasteiger partial charge in [0.2, 0.25) is 13.6 Å². The van der Waals surface area contributed by atoms with Crippen LogP contribution in [-0.4, -0.2) is 66.0 Å². The van der Waals surface area contributed by atoms with Crippen LogP contribution in [0.25, 0.3) is 0 Å². The molecule has 2 rings (SSSR count). The average Bonchev–Trinajstić information content (AvgIpc) is 3.15. The maximum atomic E-state index is 14.9. The number of anilines is 1. The first kappa shape index (κ1) is 31.1. The van der Waals surface area contributed by atoms with E-state index in [4.69, 9.17) is 49.4 Å². The van der Waals surface area contributed by atoms with Crippen LogP contribution in [-0.2, 0) is 37.3 Å². The molecule has 3 atom stereocenters. The molecule has 0 amide bonds. The van der Waals surface area contributed by atoms with Crippen molar-refractivity contribution < 1.29 is 55.6 Å². The number of ether oxygens (including phenoxy) is 5. The standard InChI is InChI=1S/C21H28F2N3O11P/c1-6-21(7-14(22)17(37-21)26-8-15(23)16(24)25-18(26)27)9-32-38(33-10-30-19(28)35-12(2)3)34-11-31-20(29)36-13(4)5/h1,8,12-14,17H,7,9-11H2,2-5H3,(H2,24,25,27). The number of nitrogens with two attached hydrogens (primary N) is 1. The molecule has 38 heavy (non-hydrogen) atoms. The Morgan fingerprint density at radius 1 is 1.21 bits per heavy atom. The van der Waals surface area contributed by atoms with Crippen molar-refractivity contribution in [3.05, 3.63) is 22.5 Å². The highest BCUT2D eigenvalue weighted by atomic mass is 31.2. The third-order valence-corrected chi connectivity index (χ3v) is 5.36. The maximum Gasteiger partial charge on any atom is 0.510 e. The highest BCUT2D eigenvalue weighted by molar-refractivity contribution is 7.41. The SMILES string of the molecule is C#CC1(COP(OCOC(=O)OC(C)C)OCOC(=O)OC(C)C)CC(F)C(n2cc(F)c(N)nc2=O)O1. The predicted molar refractivity (Wildman–Crippen MR) is 124 cm³/mol. The fourth-order valence-electron chi connectivity index (χ4n) is 2.82. The van der Waals surface area contributed by atoms with Crippen LogP contribution in [0.1, 0.15) is 40.3 Å². The number of carbonyl (C=O) groups is 2. The molecule has 2 heterocycles. The Balaban J connectivity index is 2.06. The van der Waals surface area contributed by atoms with E-state index in [2.05, 4.69) is 10.9 Å². The van der Waals surface area contributed by atoms with Gasteiger partial charge in [-0.1, -0.05) is 5.92 Å². The number of halogens is 2. The fourth-order valence-corrected chi connectivity index (χ4v) is 3.64. The van der Waals surface area contributed by atoms with Crippen molar-refractivity contribution in [1.29, 1.82) is 0 Å². The molecule has 0 radical (unpaired) electrons. The van der Waals surface area contributed by atoms with Crippen LogP contribution in [0.5, 0.6) is 0 Å². The zero-order valence-corrected chi connectivity index (χ0v) is 21.9. The molecular formula is C21H28F2N3O11P. The summed E-state index contributed by atoms with van der Waals surface area (Å²) < 4.78 is 69.8. The second-order valence-corrected chi connectivity index (χ2v) is 9.37. The van der Waals surface area contributed by atoms with Crippen molar-refractivity contribution in [2.45, 2.75) is 64.3 Å². The maximum absolute atomic E-state index is 14.9. The average molecular weight is 567 g/mol. The Hall–Kier alpha value is -3.09. The normalized spacial score (nSPS) is 20.9. The van der Waals surface area contributed by atoms with E-state index >= 15 is 0 Å². The number of hydrogen-bond donors (Lipinski definition) is 1. The van der Waals surface area contributed by atoms with Gasteiger partial charge in [0.05, 0.1) is 25.0 Å². The van der Waals surface area contributed by atoms with Crippen molar-refractivity contribution in [2.75, 3.05) is 25.9 Å². The zero-order chi connectivity index (χ0) is 28.5. The number of alkyl halides is 1. The van der Waals surface area contributed by atoms with Crippen LogP contribution < -0.4 is 11.4 Å². The highest BCUT2D eigenvalue weighted by Crippen LogP contribution is 2.44. The van der Waals surface area contributed by atoms with E-state index < -0.39 is 95.1 Å². The molecule has 0 bridgehead atoms. The monoisotopic (exact) mass is 567 g/mol. The minimum absolute atomic E-state index is 0.453. The molecule has 1 aromatic heterocycles. The molecule has 0 saturated carbocycles. The summed E-state index contributed by atoms with van der Waals surface area (Å²) in [7, 11) is -2.44. The lowest BCUT2D eigenvalue weighted by molar-refractivity contribution is -0.0788. The van der Waals surface area contributed by atoms with Gasteiger partial charge in [0.1, 0.15) is 6.17 Å². The van der Waals surface area contributed by atoms with Crippen LogP contribution in [0.15, 0.2) is 11.0 Å². The number of nitrogen functional groups attached to an aromatic ring is 1. The van der Waals surface area contributed by atoms with E-state index in [1.54, 1.807) is 27.7 Å². The summed E-state index contributed by atoms with van der Waals surface area (Å²) >= 11 is 0. The third kappa shape index (κ3) is 9.34. The van der Waals surface area contributed by atoms with Gasteiger partial charge in [0, 0.05) is 6.42 Å². The fraction of sp³-hybridized carbons (Fsp3) is 0.619. The van der Waals surface area contributed by atoms with Crippen LogP contribution >= 0.6 is 8.60 Å². The van der Waals surface area contributed by atoms with E-state index in [1.165, 1.54) is 0 Å². The largest absolute Gasteiger partial charge is 0.510 e. The van der Waals surface area contributed by atoms with E-state index in [0.29, 0.717) is 10.8 Å². The zero-order valence-electron chi connectivity index (χ0n) is 21.0. The van der Waals surface area contributed by atoms with Gasteiger partial charge >= 0.3 is 26.6 Å². The molecule has 3 unspecified atom stereocenters. The van der Waals surface area contributed by atoms with Crippen LogP contribution in [0.2, 0.25) is 0 Å². The first-order valence-corrected chi connectivity index (χ1v) is 12.1. The Kier molecular flexibility index (Phi) is 11.6. The molecule has 14 nitrogen and oxygen atoms in total. The van der Waals surface area contributed by atoms with Gasteiger partial charge < -0.3 is 33.9 Å². The lowest BCUT2D eigenvalue weighted by Gasteiger charge is -2.25. The van der Waals surface area contributed by atoms with Gasteiger partial charge in [-0.05, 0) is 27.7 Å². The smallest absolute Gasteiger partial charge is 0.432 e. The van der Waals surface area contributed by atoms with Crippen LogP contribution in [0.3, 0.4) is 0 Å². The molecule has 0 spiro atoms. The van der Waals surface area contributed by atoms with Gasteiger partial charge in [-0.15, -0.1) is 6.42 Å².